The average molecular weight is 272 g/mol. The molecule has 1 atom stereocenters. The molecule has 0 rings (SSSR count). The van der Waals surface area contributed by atoms with Crippen LogP contribution in [0.4, 0.5) is 8.78 Å². The van der Waals surface area contributed by atoms with Crippen molar-refractivity contribution in [3.05, 3.63) is 12.2 Å². The molecule has 0 bridgehead atoms. The molecular formula is C9H14F2O5S. The minimum absolute atomic E-state index is 0.00628. The van der Waals surface area contributed by atoms with Crippen LogP contribution < -0.4 is 0 Å². The van der Waals surface area contributed by atoms with E-state index < -0.39 is 29.9 Å². The Bertz CT molecular complexity index is 306. The Morgan fingerprint density at radius 1 is 1.47 bits per heavy atom. The Kier molecular flexibility index (Phi) is 7.09. The first-order valence-corrected chi connectivity index (χ1v) is 5.78. The van der Waals surface area contributed by atoms with Gasteiger partial charge in [0.05, 0.1) is 6.61 Å². The van der Waals surface area contributed by atoms with Gasteiger partial charge in [-0.25, -0.2) is 4.79 Å². The molecule has 0 aliphatic rings. The molecule has 100 valence electrons. The first-order valence-electron chi connectivity index (χ1n) is 4.75. The van der Waals surface area contributed by atoms with Crippen molar-refractivity contribution in [3.8, 4) is 0 Å². The molecular weight excluding hydrogens is 258 g/mol. The summed E-state index contributed by atoms with van der Waals surface area (Å²) in [5, 5.41) is 0. The van der Waals surface area contributed by atoms with Crippen LogP contribution in [-0.2, 0) is 25.1 Å². The van der Waals surface area contributed by atoms with Gasteiger partial charge in [-0.2, -0.15) is 17.2 Å². The normalized spacial score (nSPS) is 13.2. The first kappa shape index (κ1) is 16.1. The SMILES string of the molecule is C=C(C)C(=O)OCCCCC(F)(F)OS(=O)O. The molecule has 0 saturated heterocycles. The van der Waals surface area contributed by atoms with Gasteiger partial charge in [0.15, 0.2) is 0 Å². The highest BCUT2D eigenvalue weighted by molar-refractivity contribution is 7.74. The average Bonchev–Trinajstić information content (AvgIpc) is 2.14. The second kappa shape index (κ2) is 7.46. The summed E-state index contributed by atoms with van der Waals surface area (Å²) in [7, 11) is 0. The number of unbranched alkanes of at least 4 members (excludes halogenated alkanes) is 1. The van der Waals surface area contributed by atoms with Crippen LogP contribution in [-0.4, -0.2) is 27.4 Å². The van der Waals surface area contributed by atoms with Crippen LogP contribution in [0.1, 0.15) is 26.2 Å². The van der Waals surface area contributed by atoms with Crippen molar-refractivity contribution in [3.63, 3.8) is 0 Å². The minimum atomic E-state index is -3.65. The van der Waals surface area contributed by atoms with E-state index in [1.807, 2.05) is 0 Å². The smallest absolute Gasteiger partial charge is 0.369 e. The fraction of sp³-hybridized carbons (Fsp3) is 0.667. The lowest BCUT2D eigenvalue weighted by atomic mass is 10.2. The molecule has 0 fully saturated rings. The Morgan fingerprint density at radius 2 is 2.06 bits per heavy atom. The maximum Gasteiger partial charge on any atom is 0.369 e. The van der Waals surface area contributed by atoms with Gasteiger partial charge in [-0.15, -0.1) is 0 Å². The van der Waals surface area contributed by atoms with Crippen LogP contribution in [0.3, 0.4) is 0 Å². The summed E-state index contributed by atoms with van der Waals surface area (Å²) in [6, 6.07) is 0. The zero-order valence-electron chi connectivity index (χ0n) is 9.28. The standard InChI is InChI=1S/C9H14F2O5S/c1-7(2)8(12)15-6-4-3-5-9(10,11)16-17(13)14/h1,3-6H2,2H3,(H,13,14). The molecule has 5 nitrogen and oxygen atoms in total. The number of carbonyl (C=O) groups excluding carboxylic acids is 1. The van der Waals surface area contributed by atoms with Crippen molar-refractivity contribution in [1.29, 1.82) is 0 Å². The summed E-state index contributed by atoms with van der Waals surface area (Å²) in [5.41, 5.74) is 0.231. The number of esters is 1. The van der Waals surface area contributed by atoms with Crippen molar-refractivity contribution in [2.45, 2.75) is 32.3 Å². The lowest BCUT2D eigenvalue weighted by Crippen LogP contribution is -2.22. The van der Waals surface area contributed by atoms with Gasteiger partial charge in [-0.3, -0.25) is 4.55 Å². The third kappa shape index (κ3) is 8.90. The zero-order chi connectivity index (χ0) is 13.5. The Balaban J connectivity index is 3.67. The lowest BCUT2D eigenvalue weighted by Gasteiger charge is -2.13. The summed E-state index contributed by atoms with van der Waals surface area (Å²) in [5.74, 6) is -0.579. The summed E-state index contributed by atoms with van der Waals surface area (Å²) in [6.45, 7) is 4.81. The third-order valence-corrected chi connectivity index (χ3v) is 2.02. The van der Waals surface area contributed by atoms with E-state index in [9.17, 15) is 17.8 Å². The van der Waals surface area contributed by atoms with Crippen LogP contribution in [0.5, 0.6) is 0 Å². The predicted octanol–water partition coefficient (Wildman–Crippen LogP) is 2.02. The fourth-order valence-corrected chi connectivity index (χ4v) is 1.16. The summed E-state index contributed by atoms with van der Waals surface area (Å²) in [4.78, 5) is 10.9. The number of ether oxygens (including phenoxy) is 1. The third-order valence-electron chi connectivity index (χ3n) is 1.64. The number of hydrogen-bond acceptors (Lipinski definition) is 4. The quantitative estimate of drug-likeness (QED) is 0.317. The first-order chi connectivity index (χ1) is 7.74. The molecule has 0 aliphatic heterocycles. The minimum Gasteiger partial charge on any atom is -0.462 e. The number of halogens is 2. The van der Waals surface area contributed by atoms with Crippen molar-refractivity contribution in [2.75, 3.05) is 6.61 Å². The van der Waals surface area contributed by atoms with Crippen molar-refractivity contribution in [2.24, 2.45) is 0 Å². The van der Waals surface area contributed by atoms with Gasteiger partial charge in [-0.05, 0) is 19.8 Å². The number of rotatable bonds is 8. The van der Waals surface area contributed by atoms with E-state index in [1.54, 1.807) is 0 Å². The maximum absolute atomic E-state index is 12.7. The molecule has 8 heteroatoms. The van der Waals surface area contributed by atoms with Crippen molar-refractivity contribution in [1.82, 2.24) is 0 Å². The van der Waals surface area contributed by atoms with Gasteiger partial charge in [0.1, 0.15) is 0 Å². The van der Waals surface area contributed by atoms with E-state index in [1.165, 1.54) is 6.92 Å². The van der Waals surface area contributed by atoms with Crippen molar-refractivity contribution >= 4 is 17.3 Å². The summed E-state index contributed by atoms with van der Waals surface area (Å²) < 4.78 is 51.6. The largest absolute Gasteiger partial charge is 0.462 e. The number of hydrogen-bond donors (Lipinski definition) is 1. The topological polar surface area (TPSA) is 72.8 Å². The molecule has 0 saturated carbocycles. The number of alkyl halides is 2. The second-order valence-electron chi connectivity index (χ2n) is 3.31. The van der Waals surface area contributed by atoms with E-state index in [2.05, 4.69) is 15.5 Å². The van der Waals surface area contributed by atoms with Crippen LogP contribution in [0.25, 0.3) is 0 Å². The Hall–Kier alpha value is -0.860. The van der Waals surface area contributed by atoms with Crippen LogP contribution in [0.15, 0.2) is 12.2 Å². The molecule has 0 amide bonds. The Labute approximate surface area is 100 Å². The molecule has 0 heterocycles. The summed E-state index contributed by atoms with van der Waals surface area (Å²) in [6.07, 6.45) is -4.18. The molecule has 0 aromatic carbocycles. The zero-order valence-corrected chi connectivity index (χ0v) is 10.1. The Morgan fingerprint density at radius 3 is 2.53 bits per heavy atom. The molecule has 17 heavy (non-hydrogen) atoms. The van der Waals surface area contributed by atoms with Crippen LogP contribution in [0, 0.1) is 0 Å². The highest BCUT2D eigenvalue weighted by atomic mass is 32.2. The molecule has 0 aromatic rings. The molecule has 0 spiro atoms. The van der Waals surface area contributed by atoms with Gasteiger partial charge in [0.25, 0.3) is 0 Å². The summed E-state index contributed by atoms with van der Waals surface area (Å²) >= 11 is -3.00. The van der Waals surface area contributed by atoms with Gasteiger partial charge < -0.3 is 4.74 Å². The van der Waals surface area contributed by atoms with Gasteiger partial charge >= 0.3 is 23.4 Å². The van der Waals surface area contributed by atoms with Gasteiger partial charge in [-0.1, -0.05) is 6.58 Å². The van der Waals surface area contributed by atoms with E-state index >= 15 is 0 Å². The molecule has 1 unspecified atom stereocenters. The fourth-order valence-electron chi connectivity index (χ4n) is 0.867. The van der Waals surface area contributed by atoms with Gasteiger partial charge in [0.2, 0.25) is 0 Å². The van der Waals surface area contributed by atoms with E-state index in [4.69, 9.17) is 4.55 Å². The van der Waals surface area contributed by atoms with E-state index in [-0.39, 0.29) is 25.0 Å². The lowest BCUT2D eigenvalue weighted by molar-refractivity contribution is -0.178. The second-order valence-corrected chi connectivity index (χ2v) is 3.91. The monoisotopic (exact) mass is 272 g/mol. The maximum atomic E-state index is 12.7. The van der Waals surface area contributed by atoms with Crippen molar-refractivity contribution < 1.29 is 31.3 Å². The highest BCUT2D eigenvalue weighted by Gasteiger charge is 2.32. The molecule has 0 aromatic heterocycles. The molecule has 0 aliphatic carbocycles. The number of carbonyl (C=O) groups is 1. The van der Waals surface area contributed by atoms with E-state index in [0.717, 1.165) is 0 Å². The molecule has 1 N–H and O–H groups in total. The predicted molar refractivity (Wildman–Crippen MR) is 56.4 cm³/mol. The van der Waals surface area contributed by atoms with Crippen LogP contribution >= 0.6 is 0 Å². The molecule has 0 radical (unpaired) electrons. The van der Waals surface area contributed by atoms with Gasteiger partial charge in [0, 0.05) is 12.0 Å². The van der Waals surface area contributed by atoms with Crippen LogP contribution in [0.2, 0.25) is 0 Å². The highest BCUT2D eigenvalue weighted by Crippen LogP contribution is 2.23. The van der Waals surface area contributed by atoms with E-state index in [0.29, 0.717) is 0 Å².